The number of hydrogen-bond donors (Lipinski definition) is 0. The van der Waals surface area contributed by atoms with Crippen LogP contribution >= 0.6 is 0 Å². The van der Waals surface area contributed by atoms with E-state index in [0.717, 1.165) is 72.2 Å². The number of dihydropyridines is 1. The van der Waals surface area contributed by atoms with Crippen LogP contribution in [0.15, 0.2) is 163 Å². The molecule has 4 heteroatoms. The molecule has 0 fully saturated rings. The van der Waals surface area contributed by atoms with E-state index < -0.39 is 5.54 Å². The van der Waals surface area contributed by atoms with Crippen molar-refractivity contribution in [2.24, 2.45) is 16.8 Å². The summed E-state index contributed by atoms with van der Waals surface area (Å²) in [6.07, 6.45) is 15.8. The second-order valence-corrected chi connectivity index (χ2v) is 14.3. The monoisotopic (exact) mass is 668 g/mol. The summed E-state index contributed by atoms with van der Waals surface area (Å²) >= 11 is 0. The zero-order valence-corrected chi connectivity index (χ0v) is 29.1. The molecule has 2 aliphatic carbocycles. The molecule has 0 bridgehead atoms. The number of aromatic nitrogens is 3. The van der Waals surface area contributed by atoms with Gasteiger partial charge in [0.2, 0.25) is 0 Å². The summed E-state index contributed by atoms with van der Waals surface area (Å²) in [5.74, 6) is 0.381. The van der Waals surface area contributed by atoms with Gasteiger partial charge in [-0.2, -0.15) is 0 Å². The maximum Gasteiger partial charge on any atom is 0.111 e. The number of allylic oxidation sites excluding steroid dienone is 5. The molecule has 3 aliphatic rings. The third kappa shape index (κ3) is 4.82. The molecule has 0 saturated carbocycles. The van der Waals surface area contributed by atoms with Crippen LogP contribution < -0.4 is 0 Å². The molecule has 4 nitrogen and oxygen atoms in total. The van der Waals surface area contributed by atoms with Crippen LogP contribution in [0.4, 0.5) is 0 Å². The highest BCUT2D eigenvalue weighted by molar-refractivity contribution is 6.14. The number of para-hydroxylation sites is 1. The lowest BCUT2D eigenvalue weighted by atomic mass is 9.74. The number of benzene rings is 4. The minimum Gasteiger partial charge on any atom is -0.271 e. The number of nitrogens with zero attached hydrogens (tertiary/aromatic N) is 4. The number of aliphatic imine (C=N–C) groups is 1. The first-order chi connectivity index (χ1) is 25.5. The molecule has 0 radical (unpaired) electrons. The van der Waals surface area contributed by atoms with Gasteiger partial charge in [-0.25, -0.2) is 9.97 Å². The maximum atomic E-state index is 5.51. The fourth-order valence-electron chi connectivity index (χ4n) is 8.47. The Morgan fingerprint density at radius 3 is 2.21 bits per heavy atom. The summed E-state index contributed by atoms with van der Waals surface area (Å²) in [7, 11) is 0. The van der Waals surface area contributed by atoms with E-state index in [4.69, 9.17) is 19.9 Å². The molecule has 248 valence electrons. The SMILES string of the molecule is CC1C(c2c3ccccc3nc3c2ccc2ccc(-c4ccccc4)nc23)=CC=CC1c1ccc2c(n1)[C@@]1(C)N=C(c3ccccc3)C=CC1C=C2. The van der Waals surface area contributed by atoms with Crippen molar-refractivity contribution in [3.8, 4) is 11.3 Å². The van der Waals surface area contributed by atoms with Gasteiger partial charge >= 0.3 is 0 Å². The van der Waals surface area contributed by atoms with Gasteiger partial charge in [0.1, 0.15) is 5.54 Å². The highest BCUT2D eigenvalue weighted by atomic mass is 14.9. The van der Waals surface area contributed by atoms with Crippen LogP contribution in [0.25, 0.3) is 55.6 Å². The van der Waals surface area contributed by atoms with Crippen LogP contribution in [-0.2, 0) is 5.54 Å². The van der Waals surface area contributed by atoms with Crippen LogP contribution in [0.2, 0.25) is 0 Å². The molecule has 0 N–H and O–H groups in total. The van der Waals surface area contributed by atoms with Gasteiger partial charge in [0, 0.05) is 39.3 Å². The van der Waals surface area contributed by atoms with Crippen molar-refractivity contribution in [1.29, 1.82) is 0 Å². The van der Waals surface area contributed by atoms with Crippen molar-refractivity contribution < 1.29 is 0 Å². The molecule has 10 rings (SSSR count). The van der Waals surface area contributed by atoms with Gasteiger partial charge in [-0.3, -0.25) is 9.98 Å². The molecule has 0 saturated heterocycles. The standard InChI is InChI=1S/C48H36N4/c1-30-36(43-28-23-34-20-24-35-25-29-41(32-14-7-4-8-15-32)52-48(35,2)47(34)51-43)17-11-18-37(30)44-38-16-9-10-19-42(38)50-46-39(44)26-21-33-22-27-40(49-45(33)46)31-12-5-3-6-13-31/h3-30,35-36H,1-2H3/t30?,35?,36?,48-/m0/s1. The predicted molar refractivity (Wildman–Crippen MR) is 215 cm³/mol. The smallest absolute Gasteiger partial charge is 0.111 e. The lowest BCUT2D eigenvalue weighted by molar-refractivity contribution is 0.399. The number of fused-ring (bicyclic) bond motifs is 7. The molecular formula is C48H36N4. The minimum atomic E-state index is -0.496. The van der Waals surface area contributed by atoms with Crippen molar-refractivity contribution in [1.82, 2.24) is 15.0 Å². The van der Waals surface area contributed by atoms with Crippen LogP contribution in [-0.4, -0.2) is 20.7 Å². The maximum absolute atomic E-state index is 5.51. The Hall–Kier alpha value is -6.26. The van der Waals surface area contributed by atoms with Crippen molar-refractivity contribution in [3.63, 3.8) is 0 Å². The van der Waals surface area contributed by atoms with Gasteiger partial charge < -0.3 is 0 Å². The Bertz CT molecular complexity index is 2720. The summed E-state index contributed by atoms with van der Waals surface area (Å²) in [5.41, 5.74) is 12.2. The van der Waals surface area contributed by atoms with Crippen LogP contribution in [0.5, 0.6) is 0 Å². The Balaban J connectivity index is 1.09. The van der Waals surface area contributed by atoms with Gasteiger partial charge in [-0.15, -0.1) is 0 Å². The van der Waals surface area contributed by atoms with E-state index in [1.165, 1.54) is 11.1 Å². The van der Waals surface area contributed by atoms with Crippen LogP contribution in [0, 0.1) is 11.8 Å². The highest BCUT2D eigenvalue weighted by Gasteiger charge is 2.41. The van der Waals surface area contributed by atoms with E-state index in [2.05, 4.69) is 166 Å². The Labute approximate surface area is 303 Å². The van der Waals surface area contributed by atoms with E-state index in [0.29, 0.717) is 0 Å². The zero-order valence-electron chi connectivity index (χ0n) is 29.1. The number of rotatable bonds is 4. The summed E-state index contributed by atoms with van der Waals surface area (Å²) in [5, 5.41) is 3.35. The molecule has 0 amide bonds. The normalized spacial score (nSPS) is 21.9. The molecule has 4 heterocycles. The molecule has 3 aromatic heterocycles. The largest absolute Gasteiger partial charge is 0.271 e. The van der Waals surface area contributed by atoms with Crippen molar-refractivity contribution in [3.05, 3.63) is 186 Å². The third-order valence-corrected chi connectivity index (χ3v) is 11.3. The zero-order chi connectivity index (χ0) is 34.8. The fraction of sp³-hybridized carbons (Fsp3) is 0.125. The highest BCUT2D eigenvalue weighted by Crippen LogP contribution is 2.47. The summed E-state index contributed by atoms with van der Waals surface area (Å²) < 4.78 is 0. The summed E-state index contributed by atoms with van der Waals surface area (Å²) in [6, 6.07) is 42.5. The Morgan fingerprint density at radius 1 is 0.615 bits per heavy atom. The first-order valence-corrected chi connectivity index (χ1v) is 18.1. The van der Waals surface area contributed by atoms with Gasteiger partial charge in [0.25, 0.3) is 0 Å². The van der Waals surface area contributed by atoms with Gasteiger partial charge in [-0.05, 0) is 59.4 Å². The quantitative estimate of drug-likeness (QED) is 0.139. The molecule has 52 heavy (non-hydrogen) atoms. The van der Waals surface area contributed by atoms with Crippen LogP contribution in [0.1, 0.15) is 47.8 Å². The topological polar surface area (TPSA) is 51.0 Å². The lowest BCUT2D eigenvalue weighted by Crippen LogP contribution is -2.35. The van der Waals surface area contributed by atoms with Crippen molar-refractivity contribution in [2.75, 3.05) is 0 Å². The molecule has 4 aromatic carbocycles. The molecule has 3 unspecified atom stereocenters. The lowest BCUT2D eigenvalue weighted by Gasteiger charge is -2.38. The first-order valence-electron chi connectivity index (χ1n) is 18.1. The third-order valence-electron chi connectivity index (χ3n) is 11.3. The fourth-order valence-corrected chi connectivity index (χ4v) is 8.47. The van der Waals surface area contributed by atoms with E-state index in [9.17, 15) is 0 Å². The van der Waals surface area contributed by atoms with Gasteiger partial charge in [0.05, 0.1) is 33.6 Å². The van der Waals surface area contributed by atoms with E-state index >= 15 is 0 Å². The average Bonchev–Trinajstić information content (AvgIpc) is 3.20. The van der Waals surface area contributed by atoms with E-state index in [1.807, 2.05) is 12.1 Å². The average molecular weight is 669 g/mol. The van der Waals surface area contributed by atoms with Gasteiger partial charge in [-0.1, -0.05) is 147 Å². The van der Waals surface area contributed by atoms with Crippen LogP contribution in [0.3, 0.4) is 0 Å². The second-order valence-electron chi connectivity index (χ2n) is 14.3. The minimum absolute atomic E-state index is 0.0835. The van der Waals surface area contributed by atoms with E-state index in [1.54, 1.807) is 0 Å². The van der Waals surface area contributed by atoms with Crippen molar-refractivity contribution >= 4 is 50.1 Å². The Morgan fingerprint density at radius 2 is 1.37 bits per heavy atom. The second kappa shape index (κ2) is 11.9. The summed E-state index contributed by atoms with van der Waals surface area (Å²) in [6.45, 7) is 4.58. The Kier molecular flexibility index (Phi) is 7.00. The molecule has 0 spiro atoms. The van der Waals surface area contributed by atoms with Crippen molar-refractivity contribution in [2.45, 2.75) is 25.3 Å². The number of pyridine rings is 3. The predicted octanol–water partition coefficient (Wildman–Crippen LogP) is 11.3. The van der Waals surface area contributed by atoms with Gasteiger partial charge in [0.15, 0.2) is 0 Å². The first kappa shape index (κ1) is 30.6. The van der Waals surface area contributed by atoms with E-state index in [-0.39, 0.29) is 17.8 Å². The molecule has 1 aliphatic heterocycles. The summed E-state index contributed by atoms with van der Waals surface area (Å²) in [4.78, 5) is 21.4. The number of hydrogen-bond acceptors (Lipinski definition) is 4. The molecule has 7 aromatic rings. The molecule has 4 atom stereocenters. The molecular weight excluding hydrogens is 633 g/mol.